The lowest BCUT2D eigenvalue weighted by Gasteiger charge is -2.09. The first kappa shape index (κ1) is 13.0. The molecule has 1 fully saturated rings. The van der Waals surface area contributed by atoms with Gasteiger partial charge in [-0.15, -0.1) is 0 Å². The molecule has 1 aliphatic carbocycles. The molecule has 1 nitrogen and oxygen atoms in total. The van der Waals surface area contributed by atoms with E-state index in [1.54, 1.807) is 0 Å². The largest absolute Gasteiger partial charge is 0.376 e. The van der Waals surface area contributed by atoms with Crippen molar-refractivity contribution in [2.45, 2.75) is 25.3 Å². The average molecular weight is 277 g/mol. The molecule has 3 rings (SSSR count). The van der Waals surface area contributed by atoms with Crippen LogP contribution in [0.1, 0.15) is 29.9 Å². The molecule has 20 heavy (non-hydrogen) atoms. The third-order valence-corrected chi connectivity index (χ3v) is 3.50. The van der Waals surface area contributed by atoms with Crippen molar-refractivity contribution < 1.29 is 13.2 Å². The Morgan fingerprint density at radius 2 is 1.55 bits per heavy atom. The highest BCUT2D eigenvalue weighted by Gasteiger charge is 2.22. The summed E-state index contributed by atoms with van der Waals surface area (Å²) < 4.78 is 39.7. The number of benzene rings is 2. The maximum atomic E-state index is 13.4. The quantitative estimate of drug-likeness (QED) is 0.861. The van der Waals surface area contributed by atoms with Crippen molar-refractivity contribution in [1.29, 1.82) is 0 Å². The Balaban J connectivity index is 1.69. The smallest absolute Gasteiger partial charge is 0.152 e. The van der Waals surface area contributed by atoms with Crippen LogP contribution in [-0.4, -0.2) is 0 Å². The number of rotatable bonds is 4. The van der Waals surface area contributed by atoms with Gasteiger partial charge in [0.15, 0.2) is 11.6 Å². The van der Waals surface area contributed by atoms with E-state index < -0.39 is 17.5 Å². The van der Waals surface area contributed by atoms with Gasteiger partial charge in [0.2, 0.25) is 0 Å². The molecule has 0 atom stereocenters. The summed E-state index contributed by atoms with van der Waals surface area (Å²) in [5.74, 6) is -2.07. The molecule has 0 aromatic heterocycles. The van der Waals surface area contributed by atoms with Crippen molar-refractivity contribution in [2.24, 2.45) is 0 Å². The minimum absolute atomic E-state index is 0.294. The number of hydrogen-bond acceptors (Lipinski definition) is 1. The number of nitrogens with one attached hydrogen (secondary N) is 1. The summed E-state index contributed by atoms with van der Waals surface area (Å²) in [6.07, 6.45) is 2.48. The molecule has 0 radical (unpaired) electrons. The van der Waals surface area contributed by atoms with E-state index in [2.05, 4.69) is 5.32 Å². The Morgan fingerprint density at radius 1 is 0.950 bits per heavy atom. The summed E-state index contributed by atoms with van der Waals surface area (Å²) in [4.78, 5) is 0. The van der Waals surface area contributed by atoms with Gasteiger partial charge in [-0.05, 0) is 29.9 Å². The van der Waals surface area contributed by atoms with Gasteiger partial charge in [0.1, 0.15) is 11.5 Å². The second-order valence-corrected chi connectivity index (χ2v) is 5.11. The Hall–Kier alpha value is -1.97. The van der Waals surface area contributed by atoms with Crippen LogP contribution in [0.4, 0.5) is 18.9 Å². The highest BCUT2D eigenvalue weighted by atomic mass is 19.1. The molecule has 0 bridgehead atoms. The van der Waals surface area contributed by atoms with Gasteiger partial charge < -0.3 is 5.32 Å². The number of anilines is 1. The SMILES string of the molecule is Fc1cc(F)c(NCc2ccc(C3CC3)cc2)c(F)c1. The normalized spacial score (nSPS) is 14.3. The fourth-order valence-electron chi connectivity index (χ4n) is 2.23. The third-order valence-electron chi connectivity index (χ3n) is 3.50. The molecule has 1 saturated carbocycles. The van der Waals surface area contributed by atoms with Gasteiger partial charge in [0.25, 0.3) is 0 Å². The monoisotopic (exact) mass is 277 g/mol. The standard InChI is InChI=1S/C16H14F3N/c17-13-7-14(18)16(15(19)8-13)20-9-10-1-3-11(4-2-10)12-5-6-12/h1-4,7-8,12,20H,5-6,9H2. The van der Waals surface area contributed by atoms with Crippen molar-refractivity contribution in [2.75, 3.05) is 5.32 Å². The van der Waals surface area contributed by atoms with E-state index in [9.17, 15) is 13.2 Å². The first-order valence-electron chi connectivity index (χ1n) is 6.61. The lowest BCUT2D eigenvalue weighted by Crippen LogP contribution is -2.04. The Bertz CT molecular complexity index is 595. The highest BCUT2D eigenvalue weighted by molar-refractivity contribution is 5.47. The topological polar surface area (TPSA) is 12.0 Å². The molecule has 0 saturated heterocycles. The van der Waals surface area contributed by atoms with Crippen LogP contribution in [0, 0.1) is 17.5 Å². The molecule has 0 spiro atoms. The molecule has 0 unspecified atom stereocenters. The van der Waals surface area contributed by atoms with Crippen LogP contribution in [0.5, 0.6) is 0 Å². The van der Waals surface area contributed by atoms with E-state index >= 15 is 0 Å². The fourth-order valence-corrected chi connectivity index (χ4v) is 2.23. The highest BCUT2D eigenvalue weighted by Crippen LogP contribution is 2.39. The van der Waals surface area contributed by atoms with Crippen LogP contribution in [0.3, 0.4) is 0 Å². The summed E-state index contributed by atoms with van der Waals surface area (Å²) >= 11 is 0. The van der Waals surface area contributed by atoms with E-state index in [1.807, 2.05) is 24.3 Å². The van der Waals surface area contributed by atoms with E-state index in [0.717, 1.165) is 5.56 Å². The van der Waals surface area contributed by atoms with Crippen LogP contribution >= 0.6 is 0 Å². The fraction of sp³-hybridized carbons (Fsp3) is 0.250. The Labute approximate surface area is 115 Å². The predicted octanol–water partition coefficient (Wildman–Crippen LogP) is 4.59. The Kier molecular flexibility index (Phi) is 3.38. The molecule has 4 heteroatoms. The summed E-state index contributed by atoms with van der Waals surface area (Å²) in [7, 11) is 0. The molecule has 0 heterocycles. The molecular formula is C16H14F3N. The second kappa shape index (κ2) is 5.19. The third kappa shape index (κ3) is 2.79. The van der Waals surface area contributed by atoms with Crippen LogP contribution in [0.2, 0.25) is 0 Å². The average Bonchev–Trinajstić information content (AvgIpc) is 3.22. The van der Waals surface area contributed by atoms with Gasteiger partial charge in [0, 0.05) is 18.7 Å². The van der Waals surface area contributed by atoms with Crippen molar-refractivity contribution >= 4 is 5.69 Å². The van der Waals surface area contributed by atoms with Crippen LogP contribution in [0.25, 0.3) is 0 Å². The molecule has 104 valence electrons. The summed E-state index contributed by atoms with van der Waals surface area (Å²) in [5, 5.41) is 2.67. The summed E-state index contributed by atoms with van der Waals surface area (Å²) in [6.45, 7) is 0.296. The maximum Gasteiger partial charge on any atom is 0.152 e. The van der Waals surface area contributed by atoms with Crippen molar-refractivity contribution in [1.82, 2.24) is 0 Å². The zero-order valence-electron chi connectivity index (χ0n) is 10.8. The van der Waals surface area contributed by atoms with Gasteiger partial charge in [-0.1, -0.05) is 24.3 Å². The lowest BCUT2D eigenvalue weighted by atomic mass is 10.1. The minimum Gasteiger partial charge on any atom is -0.376 e. The van der Waals surface area contributed by atoms with Gasteiger partial charge in [-0.3, -0.25) is 0 Å². The van der Waals surface area contributed by atoms with E-state index in [4.69, 9.17) is 0 Å². The zero-order chi connectivity index (χ0) is 14.1. The van der Waals surface area contributed by atoms with E-state index in [-0.39, 0.29) is 5.69 Å². The summed E-state index contributed by atoms with van der Waals surface area (Å²) in [6, 6.07) is 9.32. The first-order valence-corrected chi connectivity index (χ1v) is 6.61. The van der Waals surface area contributed by atoms with Gasteiger partial charge in [-0.2, -0.15) is 0 Å². The van der Waals surface area contributed by atoms with Crippen molar-refractivity contribution in [3.8, 4) is 0 Å². The van der Waals surface area contributed by atoms with Gasteiger partial charge >= 0.3 is 0 Å². The molecule has 2 aromatic carbocycles. The first-order chi connectivity index (χ1) is 9.63. The van der Waals surface area contributed by atoms with Crippen molar-refractivity contribution in [3.05, 3.63) is 65.0 Å². The summed E-state index contributed by atoms with van der Waals surface area (Å²) in [5.41, 5.74) is 1.95. The zero-order valence-corrected chi connectivity index (χ0v) is 10.8. The van der Waals surface area contributed by atoms with Crippen LogP contribution in [0.15, 0.2) is 36.4 Å². The predicted molar refractivity (Wildman–Crippen MR) is 72.1 cm³/mol. The second-order valence-electron chi connectivity index (χ2n) is 5.11. The molecule has 1 aliphatic rings. The minimum atomic E-state index is -0.919. The maximum absolute atomic E-state index is 13.4. The number of hydrogen-bond donors (Lipinski definition) is 1. The van der Waals surface area contributed by atoms with Crippen molar-refractivity contribution in [3.63, 3.8) is 0 Å². The molecule has 2 aromatic rings. The number of halogens is 3. The molecule has 0 aliphatic heterocycles. The lowest BCUT2D eigenvalue weighted by molar-refractivity contribution is 0.547. The van der Waals surface area contributed by atoms with Gasteiger partial charge in [0.05, 0.1) is 0 Å². The molecular weight excluding hydrogens is 263 g/mol. The Morgan fingerprint density at radius 3 is 2.10 bits per heavy atom. The van der Waals surface area contributed by atoms with Crippen LogP contribution < -0.4 is 5.32 Å². The molecule has 0 amide bonds. The van der Waals surface area contributed by atoms with Gasteiger partial charge in [-0.25, -0.2) is 13.2 Å². The van der Waals surface area contributed by atoms with E-state index in [1.165, 1.54) is 18.4 Å². The molecule has 1 N–H and O–H groups in total. The van der Waals surface area contributed by atoms with Crippen LogP contribution in [-0.2, 0) is 6.54 Å². The van der Waals surface area contributed by atoms with E-state index in [0.29, 0.717) is 24.6 Å².